The summed E-state index contributed by atoms with van der Waals surface area (Å²) < 4.78 is 31.3. The highest BCUT2D eigenvalue weighted by Crippen LogP contribution is 2.27. The van der Waals surface area contributed by atoms with Gasteiger partial charge in [0.05, 0.1) is 28.0 Å². The van der Waals surface area contributed by atoms with Crippen LogP contribution in [0.2, 0.25) is 0 Å². The molecule has 0 aliphatic heterocycles. The summed E-state index contributed by atoms with van der Waals surface area (Å²) in [6.07, 6.45) is 0. The Hall–Kier alpha value is -3.63. The first-order valence-corrected chi connectivity index (χ1v) is 9.74. The molecule has 0 aromatic heterocycles. The molecule has 0 aliphatic rings. The Balaban J connectivity index is 2.01. The molecule has 1 N–H and O–H groups in total. The lowest BCUT2D eigenvalue weighted by atomic mass is 10.2. The summed E-state index contributed by atoms with van der Waals surface area (Å²) in [6, 6.07) is 20.3. The van der Waals surface area contributed by atoms with Crippen molar-refractivity contribution >= 4 is 21.4 Å². The van der Waals surface area contributed by atoms with Gasteiger partial charge in [0.2, 0.25) is 9.84 Å². The summed E-state index contributed by atoms with van der Waals surface area (Å²) >= 11 is 0. The molecule has 3 aromatic carbocycles. The normalized spacial score (nSPS) is 10.7. The zero-order chi connectivity index (χ0) is 20.1. The summed E-state index contributed by atoms with van der Waals surface area (Å²) in [4.78, 5) is 12.4. The fraction of sp³-hybridized carbons (Fsp3) is 0.0476. The minimum absolute atomic E-state index is 0.00828. The van der Waals surface area contributed by atoms with Crippen molar-refractivity contribution in [1.29, 1.82) is 5.26 Å². The van der Waals surface area contributed by atoms with E-state index in [2.05, 4.69) is 5.32 Å². The second-order valence-electron chi connectivity index (χ2n) is 5.79. The summed E-state index contributed by atoms with van der Waals surface area (Å²) in [5.74, 6) is 0.0628. The molecule has 3 aromatic rings. The molecular weight excluding hydrogens is 376 g/mol. The number of hydrogen-bond donors (Lipinski definition) is 1. The standard InChI is InChI=1S/C21H16N2O4S/c1-27-17-12-10-16(11-13-17)23-21(24)18-7-3-5-9-20(18)28(25,26)19-8-4-2-6-15(19)14-22/h2-13H,1H3,(H,23,24). The number of carbonyl (C=O) groups excluding carboxylic acids is 1. The van der Waals surface area contributed by atoms with Crippen LogP contribution in [0.3, 0.4) is 0 Å². The molecule has 0 bridgehead atoms. The summed E-state index contributed by atoms with van der Waals surface area (Å²) in [5.41, 5.74) is 0.509. The quantitative estimate of drug-likeness (QED) is 0.715. The van der Waals surface area contributed by atoms with Crippen molar-refractivity contribution in [3.63, 3.8) is 0 Å². The van der Waals surface area contributed by atoms with Crippen molar-refractivity contribution in [3.8, 4) is 11.8 Å². The fourth-order valence-electron chi connectivity index (χ4n) is 2.67. The van der Waals surface area contributed by atoms with E-state index in [4.69, 9.17) is 4.74 Å². The van der Waals surface area contributed by atoms with Crippen LogP contribution in [0, 0.1) is 11.3 Å². The zero-order valence-electron chi connectivity index (χ0n) is 14.9. The Bertz CT molecular complexity index is 1160. The third-order valence-electron chi connectivity index (χ3n) is 4.07. The Labute approximate surface area is 162 Å². The smallest absolute Gasteiger partial charge is 0.256 e. The molecule has 1 amide bonds. The second kappa shape index (κ2) is 7.94. The van der Waals surface area contributed by atoms with Crippen LogP contribution < -0.4 is 10.1 Å². The van der Waals surface area contributed by atoms with Gasteiger partial charge < -0.3 is 10.1 Å². The van der Waals surface area contributed by atoms with Crippen LogP contribution >= 0.6 is 0 Å². The van der Waals surface area contributed by atoms with Crippen LogP contribution in [0.5, 0.6) is 5.75 Å². The van der Waals surface area contributed by atoms with Crippen molar-refractivity contribution in [3.05, 3.63) is 83.9 Å². The number of anilines is 1. The monoisotopic (exact) mass is 392 g/mol. The molecule has 0 fully saturated rings. The topological polar surface area (TPSA) is 96.3 Å². The minimum atomic E-state index is -4.06. The number of ether oxygens (including phenoxy) is 1. The van der Waals surface area contributed by atoms with Gasteiger partial charge in [-0.05, 0) is 48.5 Å². The molecule has 28 heavy (non-hydrogen) atoms. The van der Waals surface area contributed by atoms with E-state index in [0.29, 0.717) is 11.4 Å². The lowest BCUT2D eigenvalue weighted by molar-refractivity contribution is 0.102. The number of methoxy groups -OCH3 is 1. The molecule has 0 atom stereocenters. The number of benzene rings is 3. The predicted octanol–water partition coefficient (Wildman–Crippen LogP) is 3.65. The number of nitriles is 1. The van der Waals surface area contributed by atoms with Crippen LogP contribution in [0.1, 0.15) is 15.9 Å². The number of nitrogens with one attached hydrogen (secondary N) is 1. The van der Waals surface area contributed by atoms with Crippen molar-refractivity contribution in [2.24, 2.45) is 0 Å². The van der Waals surface area contributed by atoms with E-state index in [1.165, 1.54) is 43.5 Å². The number of amides is 1. The third kappa shape index (κ3) is 3.72. The van der Waals surface area contributed by atoms with E-state index in [0.717, 1.165) is 0 Å². The molecular formula is C21H16N2O4S. The molecule has 0 radical (unpaired) electrons. The van der Waals surface area contributed by atoms with Gasteiger partial charge in [0.25, 0.3) is 5.91 Å². The molecule has 0 aliphatic carbocycles. The first kappa shape index (κ1) is 19.1. The van der Waals surface area contributed by atoms with E-state index in [1.54, 1.807) is 36.4 Å². The van der Waals surface area contributed by atoms with Gasteiger partial charge in [0.15, 0.2) is 0 Å². The number of hydrogen-bond acceptors (Lipinski definition) is 5. The molecule has 6 nitrogen and oxygen atoms in total. The van der Waals surface area contributed by atoms with Gasteiger partial charge in [-0.2, -0.15) is 5.26 Å². The number of rotatable bonds is 5. The van der Waals surface area contributed by atoms with Crippen molar-refractivity contribution < 1.29 is 17.9 Å². The number of nitrogens with zero attached hydrogens (tertiary/aromatic N) is 1. The predicted molar refractivity (Wildman–Crippen MR) is 104 cm³/mol. The van der Waals surface area contributed by atoms with Gasteiger partial charge in [-0.25, -0.2) is 8.42 Å². The Morgan fingerprint density at radius 3 is 2.18 bits per heavy atom. The molecule has 140 valence electrons. The minimum Gasteiger partial charge on any atom is -0.497 e. The van der Waals surface area contributed by atoms with Gasteiger partial charge in [0, 0.05) is 5.69 Å². The van der Waals surface area contributed by atoms with Gasteiger partial charge in [0.1, 0.15) is 11.8 Å². The van der Waals surface area contributed by atoms with Gasteiger partial charge >= 0.3 is 0 Å². The maximum absolute atomic E-state index is 13.1. The molecule has 7 heteroatoms. The van der Waals surface area contributed by atoms with E-state index >= 15 is 0 Å². The highest BCUT2D eigenvalue weighted by atomic mass is 32.2. The molecule has 0 unspecified atom stereocenters. The van der Waals surface area contributed by atoms with Crippen LogP contribution in [-0.2, 0) is 9.84 Å². The first-order chi connectivity index (χ1) is 13.5. The highest BCUT2D eigenvalue weighted by molar-refractivity contribution is 7.91. The van der Waals surface area contributed by atoms with Crippen LogP contribution in [0.25, 0.3) is 0 Å². The lowest BCUT2D eigenvalue weighted by Gasteiger charge is -2.12. The van der Waals surface area contributed by atoms with Gasteiger partial charge in [-0.1, -0.05) is 24.3 Å². The Morgan fingerprint density at radius 1 is 0.929 bits per heavy atom. The molecule has 0 saturated carbocycles. The maximum atomic E-state index is 13.1. The second-order valence-corrected chi connectivity index (χ2v) is 7.68. The lowest BCUT2D eigenvalue weighted by Crippen LogP contribution is -2.17. The maximum Gasteiger partial charge on any atom is 0.256 e. The largest absolute Gasteiger partial charge is 0.497 e. The third-order valence-corrected chi connectivity index (χ3v) is 5.94. The first-order valence-electron chi connectivity index (χ1n) is 8.26. The van der Waals surface area contributed by atoms with Gasteiger partial charge in [-0.15, -0.1) is 0 Å². The Kier molecular flexibility index (Phi) is 5.43. The van der Waals surface area contributed by atoms with Crippen molar-refractivity contribution in [2.75, 3.05) is 12.4 Å². The highest BCUT2D eigenvalue weighted by Gasteiger charge is 2.26. The van der Waals surface area contributed by atoms with Crippen LogP contribution in [0.4, 0.5) is 5.69 Å². The molecule has 0 spiro atoms. The molecule has 3 rings (SSSR count). The van der Waals surface area contributed by atoms with Crippen LogP contribution in [-0.4, -0.2) is 21.4 Å². The van der Waals surface area contributed by atoms with Crippen molar-refractivity contribution in [1.82, 2.24) is 0 Å². The Morgan fingerprint density at radius 2 is 1.54 bits per heavy atom. The fourth-order valence-corrected chi connectivity index (χ4v) is 4.28. The number of sulfone groups is 1. The molecule has 0 heterocycles. The van der Waals surface area contributed by atoms with E-state index < -0.39 is 15.7 Å². The summed E-state index contributed by atoms with van der Waals surface area (Å²) in [6.45, 7) is 0. The summed E-state index contributed by atoms with van der Waals surface area (Å²) in [7, 11) is -2.53. The average molecular weight is 392 g/mol. The SMILES string of the molecule is COc1ccc(NC(=O)c2ccccc2S(=O)(=O)c2ccccc2C#N)cc1. The average Bonchev–Trinajstić information content (AvgIpc) is 2.74. The summed E-state index contributed by atoms with van der Waals surface area (Å²) in [5, 5.41) is 11.9. The van der Waals surface area contributed by atoms with E-state index in [1.807, 2.05) is 6.07 Å². The van der Waals surface area contributed by atoms with Crippen molar-refractivity contribution in [2.45, 2.75) is 9.79 Å². The zero-order valence-corrected chi connectivity index (χ0v) is 15.7. The van der Waals surface area contributed by atoms with Crippen LogP contribution in [0.15, 0.2) is 82.6 Å². The van der Waals surface area contributed by atoms with E-state index in [-0.39, 0.29) is 20.9 Å². The van der Waals surface area contributed by atoms with Gasteiger partial charge in [-0.3, -0.25) is 4.79 Å². The molecule has 0 saturated heterocycles. The number of carbonyl (C=O) groups is 1. The van der Waals surface area contributed by atoms with E-state index in [9.17, 15) is 18.5 Å².